The number of hydrogen-bond donors (Lipinski definition) is 1. The van der Waals surface area contributed by atoms with Crippen molar-refractivity contribution in [2.75, 3.05) is 5.32 Å². The van der Waals surface area contributed by atoms with Crippen LogP contribution in [0.1, 0.15) is 5.56 Å². The molecule has 0 saturated heterocycles. The molecule has 0 aliphatic carbocycles. The predicted molar refractivity (Wildman–Crippen MR) is 65.1 cm³/mol. The zero-order valence-corrected chi connectivity index (χ0v) is 9.94. The summed E-state index contributed by atoms with van der Waals surface area (Å²) >= 11 is 5.62. The van der Waals surface area contributed by atoms with E-state index in [0.717, 1.165) is 18.2 Å². The van der Waals surface area contributed by atoms with Gasteiger partial charge in [0.15, 0.2) is 0 Å². The number of nitrogens with one attached hydrogen (secondary N) is 1. The van der Waals surface area contributed by atoms with Crippen LogP contribution in [0.5, 0.6) is 0 Å². The lowest BCUT2D eigenvalue weighted by molar-refractivity contribution is 0.584. The van der Waals surface area contributed by atoms with E-state index in [9.17, 15) is 13.2 Å². The van der Waals surface area contributed by atoms with Crippen molar-refractivity contribution >= 4 is 17.3 Å². The Kier molecular flexibility index (Phi) is 3.77. The van der Waals surface area contributed by atoms with E-state index in [1.54, 1.807) is 12.1 Å². The van der Waals surface area contributed by atoms with E-state index < -0.39 is 17.5 Å². The fourth-order valence-corrected chi connectivity index (χ4v) is 1.73. The first kappa shape index (κ1) is 12.8. The van der Waals surface area contributed by atoms with Gasteiger partial charge in [0.05, 0.1) is 5.02 Å². The molecule has 0 aliphatic heterocycles. The van der Waals surface area contributed by atoms with Gasteiger partial charge in [0, 0.05) is 23.9 Å². The van der Waals surface area contributed by atoms with E-state index in [1.165, 1.54) is 6.07 Å². The van der Waals surface area contributed by atoms with Crippen LogP contribution in [0.25, 0.3) is 0 Å². The number of halogens is 4. The van der Waals surface area contributed by atoms with Gasteiger partial charge in [-0.05, 0) is 18.2 Å². The molecule has 0 fully saturated rings. The van der Waals surface area contributed by atoms with Crippen molar-refractivity contribution in [1.29, 1.82) is 0 Å². The minimum Gasteiger partial charge on any atom is -0.381 e. The maximum atomic E-state index is 13.5. The summed E-state index contributed by atoms with van der Waals surface area (Å²) in [5, 5.41) is 2.75. The number of hydrogen-bond acceptors (Lipinski definition) is 1. The van der Waals surface area contributed by atoms with E-state index in [2.05, 4.69) is 5.32 Å². The van der Waals surface area contributed by atoms with Crippen molar-refractivity contribution in [2.45, 2.75) is 6.54 Å². The summed E-state index contributed by atoms with van der Waals surface area (Å²) in [7, 11) is 0. The molecule has 0 amide bonds. The molecular formula is C13H9ClF3N. The van der Waals surface area contributed by atoms with Gasteiger partial charge in [-0.3, -0.25) is 0 Å². The number of rotatable bonds is 3. The van der Waals surface area contributed by atoms with E-state index in [-0.39, 0.29) is 17.3 Å². The van der Waals surface area contributed by atoms with Gasteiger partial charge in [0.1, 0.15) is 17.5 Å². The molecule has 0 aromatic heterocycles. The quantitative estimate of drug-likeness (QED) is 0.874. The smallest absolute Gasteiger partial charge is 0.146 e. The summed E-state index contributed by atoms with van der Waals surface area (Å²) in [5.41, 5.74) is 0.569. The average Bonchev–Trinajstić information content (AvgIpc) is 2.30. The number of benzene rings is 2. The Bertz CT molecular complexity index is 552. The van der Waals surface area contributed by atoms with Crippen molar-refractivity contribution in [2.24, 2.45) is 0 Å². The standard InChI is InChI=1S/C13H9ClF3N/c14-12-3-1-2-8(13(12)17)7-18-11-5-9(15)4-10(16)6-11/h1-6,18H,7H2. The Hall–Kier alpha value is -1.68. The average molecular weight is 272 g/mol. The molecule has 18 heavy (non-hydrogen) atoms. The van der Waals surface area contributed by atoms with Gasteiger partial charge in [-0.25, -0.2) is 13.2 Å². The second-order valence-electron chi connectivity index (χ2n) is 3.72. The van der Waals surface area contributed by atoms with E-state index in [4.69, 9.17) is 11.6 Å². The fraction of sp³-hybridized carbons (Fsp3) is 0.0769. The normalized spacial score (nSPS) is 10.4. The Morgan fingerprint density at radius 3 is 2.33 bits per heavy atom. The largest absolute Gasteiger partial charge is 0.381 e. The molecule has 0 radical (unpaired) electrons. The Morgan fingerprint density at radius 2 is 1.67 bits per heavy atom. The molecule has 1 N–H and O–H groups in total. The van der Waals surface area contributed by atoms with Crippen LogP contribution in [-0.2, 0) is 6.54 Å². The molecule has 2 rings (SSSR count). The highest BCUT2D eigenvalue weighted by atomic mass is 35.5. The third kappa shape index (κ3) is 2.96. The van der Waals surface area contributed by atoms with Crippen LogP contribution in [0.4, 0.5) is 18.9 Å². The molecule has 0 saturated carbocycles. The second kappa shape index (κ2) is 5.31. The van der Waals surface area contributed by atoms with Crippen molar-refractivity contribution in [3.05, 3.63) is 64.4 Å². The van der Waals surface area contributed by atoms with E-state index in [0.29, 0.717) is 5.56 Å². The highest BCUT2D eigenvalue weighted by molar-refractivity contribution is 6.30. The Labute approximate surface area is 107 Å². The van der Waals surface area contributed by atoms with Crippen LogP contribution in [-0.4, -0.2) is 0 Å². The summed E-state index contributed by atoms with van der Waals surface area (Å²) in [6.07, 6.45) is 0. The molecule has 0 atom stereocenters. The van der Waals surface area contributed by atoms with Gasteiger partial charge in [0.2, 0.25) is 0 Å². The highest BCUT2D eigenvalue weighted by Crippen LogP contribution is 2.19. The van der Waals surface area contributed by atoms with Crippen LogP contribution in [0.2, 0.25) is 5.02 Å². The zero-order chi connectivity index (χ0) is 13.1. The molecule has 0 aliphatic rings. The van der Waals surface area contributed by atoms with Crippen LogP contribution in [0.3, 0.4) is 0 Å². The zero-order valence-electron chi connectivity index (χ0n) is 9.18. The van der Waals surface area contributed by atoms with Gasteiger partial charge in [-0.1, -0.05) is 23.7 Å². The molecule has 2 aromatic carbocycles. The lowest BCUT2D eigenvalue weighted by Gasteiger charge is -2.08. The fourth-order valence-electron chi connectivity index (χ4n) is 1.54. The highest BCUT2D eigenvalue weighted by Gasteiger charge is 2.06. The lowest BCUT2D eigenvalue weighted by atomic mass is 10.2. The molecule has 0 unspecified atom stereocenters. The van der Waals surface area contributed by atoms with E-state index in [1.807, 2.05) is 0 Å². The maximum absolute atomic E-state index is 13.5. The van der Waals surface area contributed by atoms with Gasteiger partial charge >= 0.3 is 0 Å². The van der Waals surface area contributed by atoms with Gasteiger partial charge in [-0.2, -0.15) is 0 Å². The maximum Gasteiger partial charge on any atom is 0.146 e. The van der Waals surface area contributed by atoms with Crippen molar-refractivity contribution < 1.29 is 13.2 Å². The van der Waals surface area contributed by atoms with Crippen LogP contribution < -0.4 is 5.32 Å². The molecular weight excluding hydrogens is 263 g/mol. The third-order valence-electron chi connectivity index (χ3n) is 2.38. The first-order valence-corrected chi connectivity index (χ1v) is 5.57. The molecule has 94 valence electrons. The minimum atomic E-state index is -0.691. The Balaban J connectivity index is 2.14. The van der Waals surface area contributed by atoms with Crippen molar-refractivity contribution in [3.8, 4) is 0 Å². The molecule has 2 aromatic rings. The second-order valence-corrected chi connectivity index (χ2v) is 4.13. The summed E-state index contributed by atoms with van der Waals surface area (Å²) in [6, 6.07) is 7.61. The number of anilines is 1. The molecule has 0 spiro atoms. The molecule has 1 nitrogen and oxygen atoms in total. The minimum absolute atomic E-state index is 0.0136. The van der Waals surface area contributed by atoms with Gasteiger partial charge in [0.25, 0.3) is 0 Å². The summed E-state index contributed by atoms with van der Waals surface area (Å²) < 4.78 is 39.4. The monoisotopic (exact) mass is 271 g/mol. The van der Waals surface area contributed by atoms with Crippen LogP contribution in [0.15, 0.2) is 36.4 Å². The summed E-state index contributed by atoms with van der Waals surface area (Å²) in [6.45, 7) is 0.0925. The summed E-state index contributed by atoms with van der Waals surface area (Å²) in [4.78, 5) is 0. The van der Waals surface area contributed by atoms with Gasteiger partial charge in [-0.15, -0.1) is 0 Å². The van der Waals surface area contributed by atoms with Crippen molar-refractivity contribution in [1.82, 2.24) is 0 Å². The molecule has 5 heteroatoms. The summed E-state index contributed by atoms with van der Waals surface area (Å²) in [5.74, 6) is -1.92. The predicted octanol–water partition coefficient (Wildman–Crippen LogP) is 4.37. The lowest BCUT2D eigenvalue weighted by Crippen LogP contribution is -2.02. The van der Waals surface area contributed by atoms with E-state index >= 15 is 0 Å². The van der Waals surface area contributed by atoms with Crippen LogP contribution >= 0.6 is 11.6 Å². The molecule has 0 bridgehead atoms. The van der Waals surface area contributed by atoms with Gasteiger partial charge < -0.3 is 5.32 Å². The Morgan fingerprint density at radius 1 is 1.00 bits per heavy atom. The topological polar surface area (TPSA) is 12.0 Å². The SMILES string of the molecule is Fc1cc(F)cc(NCc2cccc(Cl)c2F)c1. The molecule has 0 heterocycles. The first-order chi connectivity index (χ1) is 8.56. The third-order valence-corrected chi connectivity index (χ3v) is 2.67. The van der Waals surface area contributed by atoms with Crippen LogP contribution in [0, 0.1) is 17.5 Å². The van der Waals surface area contributed by atoms with Crippen molar-refractivity contribution in [3.63, 3.8) is 0 Å². The first-order valence-electron chi connectivity index (χ1n) is 5.19.